The number of aliphatic imine (C=N–C) groups is 1. The average molecular weight is 223 g/mol. The SMILES string of the molecule is NC(=O)C(N=C(N)N)Oc1ccc(N)cc1. The molecule has 7 nitrogen and oxygen atoms in total. The molecule has 1 aromatic carbocycles. The van der Waals surface area contributed by atoms with Crippen LogP contribution in [0, 0.1) is 0 Å². The van der Waals surface area contributed by atoms with E-state index in [0.717, 1.165) is 0 Å². The summed E-state index contributed by atoms with van der Waals surface area (Å²) in [6.07, 6.45) is -1.24. The zero-order valence-electron chi connectivity index (χ0n) is 8.46. The number of nitrogens with two attached hydrogens (primary N) is 4. The van der Waals surface area contributed by atoms with Gasteiger partial charge in [0.25, 0.3) is 12.1 Å². The van der Waals surface area contributed by atoms with E-state index < -0.39 is 12.1 Å². The summed E-state index contributed by atoms with van der Waals surface area (Å²) in [7, 11) is 0. The van der Waals surface area contributed by atoms with Crippen LogP contribution in [0.25, 0.3) is 0 Å². The highest BCUT2D eigenvalue weighted by Gasteiger charge is 2.15. The minimum Gasteiger partial charge on any atom is -0.459 e. The number of amides is 1. The van der Waals surface area contributed by atoms with Gasteiger partial charge < -0.3 is 27.7 Å². The summed E-state index contributed by atoms with van der Waals surface area (Å²) in [6.45, 7) is 0. The maximum Gasteiger partial charge on any atom is 0.282 e. The van der Waals surface area contributed by atoms with Gasteiger partial charge in [0.15, 0.2) is 5.96 Å². The van der Waals surface area contributed by atoms with Crippen LogP contribution in [0.1, 0.15) is 0 Å². The quantitative estimate of drug-likeness (QED) is 0.286. The van der Waals surface area contributed by atoms with Gasteiger partial charge in [0.2, 0.25) is 0 Å². The van der Waals surface area contributed by atoms with E-state index in [0.29, 0.717) is 11.4 Å². The molecule has 8 N–H and O–H groups in total. The van der Waals surface area contributed by atoms with Crippen molar-refractivity contribution >= 4 is 17.6 Å². The van der Waals surface area contributed by atoms with E-state index in [9.17, 15) is 4.79 Å². The number of guanidine groups is 1. The Labute approximate surface area is 92.1 Å². The smallest absolute Gasteiger partial charge is 0.282 e. The number of hydrogen-bond donors (Lipinski definition) is 4. The van der Waals surface area contributed by atoms with E-state index in [1.807, 2.05) is 0 Å². The van der Waals surface area contributed by atoms with Crippen LogP contribution in [0.4, 0.5) is 5.69 Å². The first kappa shape index (κ1) is 11.6. The summed E-state index contributed by atoms with van der Waals surface area (Å²) >= 11 is 0. The van der Waals surface area contributed by atoms with Crippen LogP contribution in [0.15, 0.2) is 29.3 Å². The Balaban J connectivity index is 2.80. The maximum atomic E-state index is 11.0. The molecule has 16 heavy (non-hydrogen) atoms. The number of nitrogens with zero attached hydrogens (tertiary/aromatic N) is 1. The summed E-state index contributed by atoms with van der Waals surface area (Å²) in [5.74, 6) is -0.674. The van der Waals surface area contributed by atoms with E-state index in [1.54, 1.807) is 24.3 Å². The molecule has 1 amide bonds. The minimum absolute atomic E-state index is 0.278. The van der Waals surface area contributed by atoms with Crippen molar-refractivity contribution in [1.29, 1.82) is 0 Å². The predicted octanol–water partition coefficient (Wildman–Crippen LogP) is -1.27. The van der Waals surface area contributed by atoms with Crippen LogP contribution in [0.5, 0.6) is 5.75 Å². The molecule has 0 aliphatic carbocycles. The lowest BCUT2D eigenvalue weighted by Crippen LogP contribution is -2.36. The molecule has 0 aliphatic rings. The van der Waals surface area contributed by atoms with Crippen molar-refractivity contribution in [2.75, 3.05) is 5.73 Å². The van der Waals surface area contributed by atoms with Crippen LogP contribution < -0.4 is 27.7 Å². The second-order valence-electron chi connectivity index (χ2n) is 3.00. The molecule has 0 aliphatic heterocycles. The Morgan fingerprint density at radius 1 is 1.19 bits per heavy atom. The van der Waals surface area contributed by atoms with Gasteiger partial charge in [-0.1, -0.05) is 0 Å². The fourth-order valence-electron chi connectivity index (χ4n) is 0.959. The number of carbonyl (C=O) groups is 1. The lowest BCUT2D eigenvalue weighted by molar-refractivity contribution is -0.124. The Bertz CT molecular complexity index is 397. The third-order valence-electron chi connectivity index (χ3n) is 1.64. The fourth-order valence-corrected chi connectivity index (χ4v) is 0.959. The predicted molar refractivity (Wildman–Crippen MR) is 60.3 cm³/mol. The molecule has 1 atom stereocenters. The molecular formula is C9H13N5O2. The van der Waals surface area contributed by atoms with Crippen molar-refractivity contribution in [2.24, 2.45) is 22.2 Å². The molecule has 86 valence electrons. The van der Waals surface area contributed by atoms with Gasteiger partial charge in [-0.25, -0.2) is 4.99 Å². The highest BCUT2D eigenvalue weighted by atomic mass is 16.5. The van der Waals surface area contributed by atoms with Crippen LogP contribution >= 0.6 is 0 Å². The number of primary amides is 1. The molecule has 0 saturated carbocycles. The number of anilines is 1. The number of ether oxygens (including phenoxy) is 1. The summed E-state index contributed by atoms with van der Waals surface area (Å²) < 4.78 is 5.16. The van der Waals surface area contributed by atoms with E-state index in [2.05, 4.69) is 4.99 Å². The molecule has 0 radical (unpaired) electrons. The lowest BCUT2D eigenvalue weighted by Gasteiger charge is -2.12. The minimum atomic E-state index is -1.24. The van der Waals surface area contributed by atoms with Gasteiger partial charge in [-0.2, -0.15) is 0 Å². The number of benzene rings is 1. The van der Waals surface area contributed by atoms with Gasteiger partial charge in [0.1, 0.15) is 5.75 Å². The van der Waals surface area contributed by atoms with E-state index in [-0.39, 0.29) is 5.96 Å². The Hall–Kier alpha value is -2.44. The number of carbonyl (C=O) groups excluding carboxylic acids is 1. The monoisotopic (exact) mass is 223 g/mol. The largest absolute Gasteiger partial charge is 0.459 e. The van der Waals surface area contributed by atoms with Crippen molar-refractivity contribution in [2.45, 2.75) is 6.23 Å². The van der Waals surface area contributed by atoms with Crippen LogP contribution in [0.2, 0.25) is 0 Å². The first-order valence-electron chi connectivity index (χ1n) is 4.39. The van der Waals surface area contributed by atoms with Gasteiger partial charge in [-0.15, -0.1) is 0 Å². The van der Waals surface area contributed by atoms with Gasteiger partial charge in [0, 0.05) is 5.69 Å². The zero-order chi connectivity index (χ0) is 12.1. The second kappa shape index (κ2) is 4.87. The molecule has 1 aromatic rings. The van der Waals surface area contributed by atoms with Gasteiger partial charge in [-0.3, -0.25) is 4.79 Å². The summed E-state index contributed by atoms with van der Waals surface area (Å²) in [4.78, 5) is 14.5. The number of hydrogen-bond acceptors (Lipinski definition) is 4. The molecule has 0 saturated heterocycles. The highest BCUT2D eigenvalue weighted by Crippen LogP contribution is 2.14. The maximum absolute atomic E-state index is 11.0. The number of nitrogen functional groups attached to an aromatic ring is 1. The van der Waals surface area contributed by atoms with Crippen molar-refractivity contribution in [3.8, 4) is 5.75 Å². The molecule has 0 heterocycles. The van der Waals surface area contributed by atoms with Gasteiger partial charge in [-0.05, 0) is 24.3 Å². The first-order chi connectivity index (χ1) is 7.49. The fraction of sp³-hybridized carbons (Fsp3) is 0.111. The summed E-state index contributed by atoms with van der Waals surface area (Å²) in [5, 5.41) is 0. The Morgan fingerprint density at radius 2 is 1.75 bits per heavy atom. The van der Waals surface area contributed by atoms with Crippen LogP contribution in [-0.2, 0) is 4.79 Å². The molecule has 1 unspecified atom stereocenters. The molecular weight excluding hydrogens is 210 g/mol. The average Bonchev–Trinajstić information content (AvgIpc) is 2.19. The molecule has 0 fully saturated rings. The summed E-state index contributed by atoms with van der Waals surface area (Å²) in [6, 6.07) is 6.38. The topological polar surface area (TPSA) is 143 Å². The highest BCUT2D eigenvalue weighted by molar-refractivity contribution is 5.84. The third kappa shape index (κ3) is 3.37. The molecule has 1 rings (SSSR count). The van der Waals surface area contributed by atoms with Crippen molar-refractivity contribution < 1.29 is 9.53 Å². The van der Waals surface area contributed by atoms with Crippen molar-refractivity contribution in [3.05, 3.63) is 24.3 Å². The zero-order valence-corrected chi connectivity index (χ0v) is 8.46. The second-order valence-corrected chi connectivity index (χ2v) is 3.00. The van der Waals surface area contributed by atoms with Crippen LogP contribution in [-0.4, -0.2) is 18.1 Å². The van der Waals surface area contributed by atoms with Gasteiger partial charge in [0.05, 0.1) is 0 Å². The molecule has 0 spiro atoms. The molecule has 7 heteroatoms. The third-order valence-corrected chi connectivity index (χ3v) is 1.64. The lowest BCUT2D eigenvalue weighted by atomic mass is 10.3. The van der Waals surface area contributed by atoms with E-state index in [1.165, 1.54) is 0 Å². The Kier molecular flexibility index (Phi) is 3.54. The van der Waals surface area contributed by atoms with Crippen LogP contribution in [0.3, 0.4) is 0 Å². The molecule has 0 aromatic heterocycles. The standard InChI is InChI=1S/C9H13N5O2/c10-5-1-3-6(4-2-5)16-8(7(11)15)14-9(12)13/h1-4,8H,10H2,(H2,11,15)(H4,12,13,14). The first-order valence-corrected chi connectivity index (χ1v) is 4.39. The van der Waals surface area contributed by atoms with Gasteiger partial charge >= 0.3 is 0 Å². The van der Waals surface area contributed by atoms with E-state index >= 15 is 0 Å². The summed E-state index contributed by atoms with van der Waals surface area (Å²) in [5.41, 5.74) is 21.4. The van der Waals surface area contributed by atoms with E-state index in [4.69, 9.17) is 27.7 Å². The van der Waals surface area contributed by atoms with Crippen molar-refractivity contribution in [1.82, 2.24) is 0 Å². The normalized spacial score (nSPS) is 11.5. The van der Waals surface area contributed by atoms with Crippen molar-refractivity contribution in [3.63, 3.8) is 0 Å². The molecule has 0 bridgehead atoms. The number of rotatable bonds is 4. The Morgan fingerprint density at radius 3 is 2.19 bits per heavy atom.